The fourth-order valence-corrected chi connectivity index (χ4v) is 0.152. The van der Waals surface area contributed by atoms with Gasteiger partial charge in [0.05, 0.1) is 7.57 Å². The summed E-state index contributed by atoms with van der Waals surface area (Å²) in [7, 11) is 0. The lowest BCUT2D eigenvalue weighted by atomic mass is 10.8. The van der Waals surface area contributed by atoms with E-state index in [1.54, 1.807) is 0 Å². The van der Waals surface area contributed by atoms with Gasteiger partial charge in [-0.2, -0.15) is 0 Å². The summed E-state index contributed by atoms with van der Waals surface area (Å²) in [6.07, 6.45) is 2.60. The van der Waals surface area contributed by atoms with E-state index in [9.17, 15) is 0 Å². The summed E-state index contributed by atoms with van der Waals surface area (Å²) in [5, 5.41) is 3.26. The second-order valence-corrected chi connectivity index (χ2v) is 0.624. The monoisotopic (exact) mass is 70.0 g/mol. The van der Waals surface area contributed by atoms with Crippen molar-refractivity contribution in [3.05, 3.63) is 18.5 Å². The highest BCUT2D eigenvalue weighted by molar-refractivity contribution is 4.67. The van der Waals surface area contributed by atoms with Crippen molar-refractivity contribution in [1.29, 1.82) is 0 Å². The average molecular weight is 70.1 g/mol. The molecule has 26 valence electrons. The molecule has 0 aliphatic rings. The van der Waals surface area contributed by atoms with Crippen LogP contribution in [0.3, 0.4) is 0 Å². The van der Waals surface area contributed by atoms with E-state index in [1.165, 1.54) is 12.5 Å². The molecule has 1 heterocycles. The summed E-state index contributed by atoms with van der Waals surface area (Å²) in [5.74, 6) is 0. The van der Waals surface area contributed by atoms with E-state index >= 15 is 0 Å². The molecule has 0 radical (unpaired) electrons. The fourth-order valence-electron chi connectivity index (χ4n) is 0.152. The zero-order valence-corrected chi connectivity index (χ0v) is 2.51. The molecule has 0 aromatic carbocycles. The van der Waals surface area contributed by atoms with Crippen LogP contribution in [0.1, 0.15) is 1.37 Å². The molecule has 5 heavy (non-hydrogen) atoms. The zero-order chi connectivity index (χ0) is 4.41. The van der Waals surface area contributed by atoms with Crippen molar-refractivity contribution in [2.75, 3.05) is 0 Å². The van der Waals surface area contributed by atoms with Crippen LogP contribution in [0.4, 0.5) is 0 Å². The van der Waals surface area contributed by atoms with Crippen LogP contribution in [-0.2, 0) is 0 Å². The first-order valence-corrected chi connectivity index (χ1v) is 1.25. The minimum atomic E-state index is 0.315. The van der Waals surface area contributed by atoms with Crippen molar-refractivity contribution >= 4 is 0 Å². The summed E-state index contributed by atoms with van der Waals surface area (Å²) < 4.78 is 11.0. The summed E-state index contributed by atoms with van der Waals surface area (Å²) in [6.45, 7) is 0. The second kappa shape index (κ2) is 0.885. The maximum absolute atomic E-state index is 6.72. The first kappa shape index (κ1) is 1.60. The lowest BCUT2D eigenvalue weighted by Gasteiger charge is -1.48. The van der Waals surface area contributed by atoms with E-state index < -0.39 is 0 Å². The molecule has 1 aromatic heterocycles. The topological polar surface area (TPSA) is 26.0 Å². The Morgan fingerprint density at radius 1 is 2.00 bits per heavy atom. The smallest absolute Gasteiger partial charge is 0.123 e. The van der Waals surface area contributed by atoms with Crippen molar-refractivity contribution in [2.45, 2.75) is 0 Å². The normalized spacial score (nSPS) is 10.8. The van der Waals surface area contributed by atoms with Gasteiger partial charge in [-0.1, -0.05) is 5.16 Å². The SMILES string of the molecule is [2H]c1cnoc1. The Balaban J connectivity index is 3.05. The summed E-state index contributed by atoms with van der Waals surface area (Å²) >= 11 is 0. The molecule has 0 aliphatic heterocycles. The van der Waals surface area contributed by atoms with Gasteiger partial charge in [-0.15, -0.1) is 0 Å². The number of nitrogens with zero attached hydrogens (tertiary/aromatic N) is 1. The van der Waals surface area contributed by atoms with E-state index in [-0.39, 0.29) is 0 Å². The number of rotatable bonds is 0. The molecule has 2 heteroatoms. The van der Waals surface area contributed by atoms with Gasteiger partial charge >= 0.3 is 0 Å². The second-order valence-electron chi connectivity index (χ2n) is 0.624. The van der Waals surface area contributed by atoms with Crippen LogP contribution in [0.5, 0.6) is 0 Å². The van der Waals surface area contributed by atoms with Gasteiger partial charge in [-0.3, -0.25) is 0 Å². The third kappa shape index (κ3) is 0.265. The van der Waals surface area contributed by atoms with Gasteiger partial charge < -0.3 is 4.52 Å². The molecule has 1 aromatic rings. The highest BCUT2D eigenvalue weighted by Crippen LogP contribution is 1.72. The van der Waals surface area contributed by atoms with Crippen LogP contribution in [0, 0.1) is 0 Å². The summed E-state index contributed by atoms with van der Waals surface area (Å²) in [4.78, 5) is 0. The predicted octanol–water partition coefficient (Wildman–Crippen LogP) is 0.675. The molecule has 0 atom stereocenters. The molecule has 0 bridgehead atoms. The van der Waals surface area contributed by atoms with Crippen LogP contribution >= 0.6 is 0 Å². The van der Waals surface area contributed by atoms with E-state index in [2.05, 4.69) is 9.68 Å². The molecule has 0 amide bonds. The van der Waals surface area contributed by atoms with Crippen molar-refractivity contribution < 1.29 is 5.89 Å². The molecular formula is C3H3NO. The minimum absolute atomic E-state index is 0.315. The van der Waals surface area contributed by atoms with Gasteiger partial charge in [-0.05, 0) is 6.04 Å². The average Bonchev–Trinajstić information content (AvgIpc) is 1.86. The molecule has 0 N–H and O–H groups in total. The Morgan fingerprint density at radius 3 is 3.20 bits per heavy atom. The Hall–Kier alpha value is -0.790. The van der Waals surface area contributed by atoms with E-state index in [4.69, 9.17) is 1.37 Å². The quantitative estimate of drug-likeness (QED) is 0.448. The van der Waals surface area contributed by atoms with Crippen molar-refractivity contribution in [2.24, 2.45) is 0 Å². The van der Waals surface area contributed by atoms with Crippen molar-refractivity contribution in [3.63, 3.8) is 0 Å². The molecule has 2 nitrogen and oxygen atoms in total. The molecule has 0 unspecified atom stereocenters. The summed E-state index contributed by atoms with van der Waals surface area (Å²) in [6, 6.07) is 0.315. The van der Waals surface area contributed by atoms with Crippen molar-refractivity contribution in [1.82, 2.24) is 5.16 Å². The molecular weight excluding hydrogens is 66.0 g/mol. The van der Waals surface area contributed by atoms with Gasteiger partial charge in [-0.25, -0.2) is 0 Å². The molecule has 0 aliphatic carbocycles. The maximum Gasteiger partial charge on any atom is 0.123 e. The minimum Gasteiger partial charge on any atom is -0.365 e. The lowest BCUT2D eigenvalue weighted by molar-refractivity contribution is 0.420. The Morgan fingerprint density at radius 2 is 3.00 bits per heavy atom. The molecule has 0 fully saturated rings. The highest BCUT2D eigenvalue weighted by Gasteiger charge is 1.60. The van der Waals surface area contributed by atoms with Crippen molar-refractivity contribution in [3.8, 4) is 0 Å². The van der Waals surface area contributed by atoms with Crippen LogP contribution in [-0.4, -0.2) is 5.16 Å². The van der Waals surface area contributed by atoms with Gasteiger partial charge in [0.1, 0.15) is 6.26 Å². The maximum atomic E-state index is 6.72. The zero-order valence-electron chi connectivity index (χ0n) is 3.51. The lowest BCUT2D eigenvalue weighted by Crippen LogP contribution is -1.38. The van der Waals surface area contributed by atoms with Gasteiger partial charge in [0, 0.05) is 0 Å². The Bertz CT molecular complexity index is 114. The van der Waals surface area contributed by atoms with E-state index in [0.29, 0.717) is 6.04 Å². The van der Waals surface area contributed by atoms with E-state index in [1.807, 2.05) is 0 Å². The number of hydrogen-bond acceptors (Lipinski definition) is 2. The van der Waals surface area contributed by atoms with Gasteiger partial charge in [0.25, 0.3) is 0 Å². The largest absolute Gasteiger partial charge is 0.365 e. The van der Waals surface area contributed by atoms with E-state index in [0.717, 1.165) is 0 Å². The highest BCUT2D eigenvalue weighted by atomic mass is 16.5. The standard InChI is InChI=1S/C3H3NO/c1-2-4-5-3-1/h1-3H/i1D. The van der Waals surface area contributed by atoms with Crippen LogP contribution in [0.15, 0.2) is 23.0 Å². The predicted molar refractivity (Wildman–Crippen MR) is 16.5 cm³/mol. The van der Waals surface area contributed by atoms with Crippen LogP contribution in [0.25, 0.3) is 0 Å². The molecule has 0 spiro atoms. The third-order valence-electron chi connectivity index (χ3n) is 0.309. The van der Waals surface area contributed by atoms with Gasteiger partial charge in [0.15, 0.2) is 0 Å². The van der Waals surface area contributed by atoms with Gasteiger partial charge in [0.2, 0.25) is 0 Å². The Kier molecular flexibility index (Phi) is 0.283. The fraction of sp³-hybridized carbons (Fsp3) is 0. The first-order chi connectivity index (χ1) is 2.89. The summed E-state index contributed by atoms with van der Waals surface area (Å²) in [5.41, 5.74) is 0. The third-order valence-corrected chi connectivity index (χ3v) is 0.309. The van der Waals surface area contributed by atoms with Crippen LogP contribution in [0.2, 0.25) is 0 Å². The molecule has 0 saturated carbocycles. The van der Waals surface area contributed by atoms with Crippen LogP contribution < -0.4 is 0 Å². The Labute approximate surface area is 30.8 Å². The number of hydrogen-bond donors (Lipinski definition) is 0. The molecule has 0 saturated heterocycles. The number of aromatic nitrogens is 1. The molecule has 1 rings (SSSR count). The first-order valence-electron chi connectivity index (χ1n) is 1.75.